The topological polar surface area (TPSA) is 72.4 Å². The first-order chi connectivity index (χ1) is 14.7. The number of halogens is 1. The minimum atomic E-state index is 0. The van der Waals surface area contributed by atoms with Crippen LogP contribution in [0.4, 0.5) is 11.4 Å². The molecule has 0 aromatic heterocycles. The molecule has 1 aliphatic rings. The summed E-state index contributed by atoms with van der Waals surface area (Å²) >= 11 is 0. The number of ether oxygens (including phenoxy) is 1. The molecule has 3 rings (SSSR count). The van der Waals surface area contributed by atoms with Crippen LogP contribution in [0.15, 0.2) is 53.5 Å². The number of aliphatic imine (C=N–C) groups is 1. The lowest BCUT2D eigenvalue weighted by Gasteiger charge is -2.37. The number of rotatable bonds is 8. The summed E-state index contributed by atoms with van der Waals surface area (Å²) < 4.78 is 5.06. The van der Waals surface area contributed by atoms with Crippen molar-refractivity contribution in [2.24, 2.45) is 4.99 Å². The SMILES string of the molecule is CCNC(=NCc1ccc(NCCOC)cc1)N1CCN(c2ccccc2O)CC1.I. The van der Waals surface area contributed by atoms with Gasteiger partial charge in [0.1, 0.15) is 5.75 Å². The summed E-state index contributed by atoms with van der Waals surface area (Å²) in [7, 11) is 1.70. The van der Waals surface area contributed by atoms with E-state index in [1.54, 1.807) is 13.2 Å². The van der Waals surface area contributed by atoms with Gasteiger partial charge < -0.3 is 30.3 Å². The van der Waals surface area contributed by atoms with Crippen LogP contribution in [0, 0.1) is 0 Å². The Hall–Kier alpha value is -2.20. The Balaban J connectivity index is 0.00000341. The zero-order valence-electron chi connectivity index (χ0n) is 18.4. The van der Waals surface area contributed by atoms with Gasteiger partial charge in [0.25, 0.3) is 0 Å². The van der Waals surface area contributed by atoms with E-state index in [4.69, 9.17) is 9.73 Å². The van der Waals surface area contributed by atoms with Crippen molar-refractivity contribution in [3.8, 4) is 5.75 Å². The second-order valence-corrected chi connectivity index (χ2v) is 7.25. The average Bonchev–Trinajstić information content (AvgIpc) is 2.78. The summed E-state index contributed by atoms with van der Waals surface area (Å²) in [4.78, 5) is 9.37. The number of hydrogen-bond acceptors (Lipinski definition) is 5. The quantitative estimate of drug-likeness (QED) is 0.207. The maximum Gasteiger partial charge on any atom is 0.194 e. The highest BCUT2D eigenvalue weighted by molar-refractivity contribution is 14.0. The van der Waals surface area contributed by atoms with Crippen molar-refractivity contribution in [2.75, 3.05) is 63.2 Å². The second-order valence-electron chi connectivity index (χ2n) is 7.25. The van der Waals surface area contributed by atoms with Crippen molar-refractivity contribution < 1.29 is 9.84 Å². The van der Waals surface area contributed by atoms with E-state index in [1.807, 2.05) is 18.2 Å². The largest absolute Gasteiger partial charge is 0.506 e. The fourth-order valence-corrected chi connectivity index (χ4v) is 3.51. The predicted octanol–water partition coefficient (Wildman–Crippen LogP) is 3.36. The van der Waals surface area contributed by atoms with Gasteiger partial charge in [-0.1, -0.05) is 24.3 Å². The molecule has 2 aromatic carbocycles. The Bertz CT molecular complexity index is 808. The van der Waals surface area contributed by atoms with Gasteiger partial charge in [0, 0.05) is 52.1 Å². The van der Waals surface area contributed by atoms with Crippen LogP contribution in [-0.2, 0) is 11.3 Å². The third-order valence-corrected chi connectivity index (χ3v) is 5.14. The van der Waals surface area contributed by atoms with E-state index in [0.29, 0.717) is 18.9 Å². The minimum Gasteiger partial charge on any atom is -0.506 e. The molecule has 0 aliphatic carbocycles. The number of piperazine rings is 1. The molecule has 1 saturated heterocycles. The van der Waals surface area contributed by atoms with Crippen LogP contribution in [0.5, 0.6) is 5.75 Å². The van der Waals surface area contributed by atoms with Crippen LogP contribution in [-0.4, -0.2) is 69.0 Å². The van der Waals surface area contributed by atoms with Gasteiger partial charge in [-0.05, 0) is 36.8 Å². The molecule has 0 bridgehead atoms. The molecule has 170 valence electrons. The van der Waals surface area contributed by atoms with Gasteiger partial charge in [-0.3, -0.25) is 0 Å². The first-order valence-corrected chi connectivity index (χ1v) is 10.6. The first-order valence-electron chi connectivity index (χ1n) is 10.6. The smallest absolute Gasteiger partial charge is 0.194 e. The minimum absolute atomic E-state index is 0. The van der Waals surface area contributed by atoms with Gasteiger partial charge >= 0.3 is 0 Å². The molecule has 0 spiro atoms. The average molecular weight is 539 g/mol. The molecular weight excluding hydrogens is 505 g/mol. The maximum atomic E-state index is 10.1. The van der Waals surface area contributed by atoms with Gasteiger partial charge in [0.15, 0.2) is 5.96 Å². The van der Waals surface area contributed by atoms with E-state index in [2.05, 4.69) is 51.6 Å². The van der Waals surface area contributed by atoms with Gasteiger partial charge in [0.2, 0.25) is 0 Å². The van der Waals surface area contributed by atoms with E-state index in [-0.39, 0.29) is 24.0 Å². The number of methoxy groups -OCH3 is 1. The number of guanidine groups is 1. The molecule has 0 atom stereocenters. The Labute approximate surface area is 202 Å². The number of nitrogens with zero attached hydrogens (tertiary/aromatic N) is 3. The third kappa shape index (κ3) is 7.46. The molecule has 1 heterocycles. The molecular formula is C23H34IN5O2. The lowest BCUT2D eigenvalue weighted by atomic mass is 10.2. The van der Waals surface area contributed by atoms with Gasteiger partial charge in [-0.2, -0.15) is 0 Å². The Morgan fingerprint density at radius 3 is 2.42 bits per heavy atom. The van der Waals surface area contributed by atoms with Crippen molar-refractivity contribution in [1.82, 2.24) is 10.2 Å². The Kier molecular flexibility index (Phi) is 10.7. The summed E-state index contributed by atoms with van der Waals surface area (Å²) in [6, 6.07) is 15.9. The van der Waals surface area contributed by atoms with E-state index < -0.39 is 0 Å². The van der Waals surface area contributed by atoms with Crippen LogP contribution in [0.1, 0.15) is 12.5 Å². The summed E-state index contributed by atoms with van der Waals surface area (Å²) in [6.45, 7) is 8.48. The number of nitrogens with one attached hydrogen (secondary N) is 2. The maximum absolute atomic E-state index is 10.1. The molecule has 8 heteroatoms. The lowest BCUT2D eigenvalue weighted by molar-refractivity contribution is 0.211. The summed E-state index contributed by atoms with van der Waals surface area (Å²) in [6.07, 6.45) is 0. The highest BCUT2D eigenvalue weighted by Gasteiger charge is 2.21. The van der Waals surface area contributed by atoms with Crippen LogP contribution in [0.25, 0.3) is 0 Å². The first kappa shape index (κ1) is 25.1. The highest BCUT2D eigenvalue weighted by Crippen LogP contribution is 2.27. The third-order valence-electron chi connectivity index (χ3n) is 5.14. The van der Waals surface area contributed by atoms with Crippen LogP contribution >= 0.6 is 24.0 Å². The van der Waals surface area contributed by atoms with Crippen molar-refractivity contribution in [1.29, 1.82) is 0 Å². The van der Waals surface area contributed by atoms with E-state index in [9.17, 15) is 5.11 Å². The fraction of sp³-hybridized carbons (Fsp3) is 0.435. The lowest BCUT2D eigenvalue weighted by Crippen LogP contribution is -2.52. The predicted molar refractivity (Wildman–Crippen MR) is 139 cm³/mol. The van der Waals surface area contributed by atoms with Crippen molar-refractivity contribution in [3.05, 3.63) is 54.1 Å². The monoisotopic (exact) mass is 539 g/mol. The molecule has 0 radical (unpaired) electrons. The molecule has 31 heavy (non-hydrogen) atoms. The number of phenols is 1. The van der Waals surface area contributed by atoms with E-state index in [1.165, 1.54) is 5.56 Å². The standard InChI is InChI=1S/C23H33N5O2.HI/c1-3-24-23(26-18-19-8-10-20(11-9-19)25-12-17-30-2)28-15-13-27(14-16-28)21-6-4-5-7-22(21)29;/h4-11,25,29H,3,12-18H2,1-2H3,(H,24,26);1H. The number of anilines is 2. The van der Waals surface area contributed by atoms with Gasteiger partial charge in [0.05, 0.1) is 18.8 Å². The number of aromatic hydroxyl groups is 1. The number of benzene rings is 2. The molecule has 0 saturated carbocycles. The van der Waals surface area contributed by atoms with E-state index in [0.717, 1.165) is 56.6 Å². The van der Waals surface area contributed by atoms with E-state index >= 15 is 0 Å². The molecule has 3 N–H and O–H groups in total. The molecule has 0 amide bonds. The van der Waals surface area contributed by atoms with Crippen molar-refractivity contribution >= 4 is 41.3 Å². The molecule has 7 nitrogen and oxygen atoms in total. The Morgan fingerprint density at radius 2 is 1.77 bits per heavy atom. The summed E-state index contributed by atoms with van der Waals surface area (Å²) in [5.41, 5.74) is 3.17. The normalized spacial score (nSPS) is 14.2. The molecule has 1 aliphatic heterocycles. The zero-order chi connectivity index (χ0) is 21.2. The zero-order valence-corrected chi connectivity index (χ0v) is 20.7. The fourth-order valence-electron chi connectivity index (χ4n) is 3.51. The number of para-hydroxylation sites is 2. The van der Waals surface area contributed by atoms with Gasteiger partial charge in [-0.15, -0.1) is 24.0 Å². The van der Waals surface area contributed by atoms with Crippen LogP contribution in [0.2, 0.25) is 0 Å². The second kappa shape index (κ2) is 13.3. The molecule has 0 unspecified atom stereocenters. The Morgan fingerprint density at radius 1 is 1.06 bits per heavy atom. The highest BCUT2D eigenvalue weighted by atomic mass is 127. The number of phenolic OH excluding ortho intramolecular Hbond substituents is 1. The van der Waals surface area contributed by atoms with Crippen molar-refractivity contribution in [3.63, 3.8) is 0 Å². The van der Waals surface area contributed by atoms with Crippen LogP contribution < -0.4 is 15.5 Å². The summed E-state index contributed by atoms with van der Waals surface area (Å²) in [5.74, 6) is 1.28. The van der Waals surface area contributed by atoms with Crippen molar-refractivity contribution in [2.45, 2.75) is 13.5 Å². The summed E-state index contributed by atoms with van der Waals surface area (Å²) in [5, 5.41) is 16.9. The van der Waals surface area contributed by atoms with Gasteiger partial charge in [-0.25, -0.2) is 4.99 Å². The molecule has 2 aromatic rings. The molecule has 1 fully saturated rings. The number of hydrogen-bond donors (Lipinski definition) is 3. The van der Waals surface area contributed by atoms with Crippen LogP contribution in [0.3, 0.4) is 0 Å².